The molecule has 2 rings (SSSR count). The molecule has 118 valence electrons. The molecule has 0 aliphatic heterocycles. The maximum Gasteiger partial charge on any atom is 0.142 e. The van der Waals surface area contributed by atoms with Crippen LogP contribution in [-0.4, -0.2) is 16.6 Å². The summed E-state index contributed by atoms with van der Waals surface area (Å²) < 4.78 is 2.11. The fraction of sp³-hybridized carbons (Fsp3) is 0.474. The highest BCUT2D eigenvalue weighted by molar-refractivity contribution is 5.92. The molecular formula is C19H25NO2. The summed E-state index contributed by atoms with van der Waals surface area (Å²) >= 11 is 0. The van der Waals surface area contributed by atoms with E-state index < -0.39 is 0 Å². The van der Waals surface area contributed by atoms with Gasteiger partial charge in [-0.05, 0) is 31.4 Å². The predicted molar refractivity (Wildman–Crippen MR) is 90.3 cm³/mol. The maximum atomic E-state index is 12.2. The zero-order chi connectivity index (χ0) is 16.1. The van der Waals surface area contributed by atoms with Crippen molar-refractivity contribution in [3.8, 4) is 0 Å². The average Bonchev–Trinajstić information content (AvgIpc) is 2.81. The SMILES string of the molecule is CCCC(=O)Cc1c(CCC)n(C(C)C=O)c2ccccc12. The molecule has 1 atom stereocenters. The summed E-state index contributed by atoms with van der Waals surface area (Å²) in [7, 11) is 0. The van der Waals surface area contributed by atoms with Gasteiger partial charge in [-0.2, -0.15) is 0 Å². The Labute approximate surface area is 132 Å². The van der Waals surface area contributed by atoms with Gasteiger partial charge in [-0.25, -0.2) is 0 Å². The van der Waals surface area contributed by atoms with E-state index in [1.807, 2.05) is 32.0 Å². The quantitative estimate of drug-likeness (QED) is 0.683. The summed E-state index contributed by atoms with van der Waals surface area (Å²) in [4.78, 5) is 23.5. The Bertz CT molecular complexity index is 669. The van der Waals surface area contributed by atoms with Crippen molar-refractivity contribution in [2.75, 3.05) is 0 Å². The summed E-state index contributed by atoms with van der Waals surface area (Å²) in [6.07, 6.45) is 4.84. The van der Waals surface area contributed by atoms with Crippen LogP contribution in [0, 0.1) is 0 Å². The maximum absolute atomic E-state index is 12.2. The molecule has 1 aromatic heterocycles. The highest BCUT2D eigenvalue weighted by Crippen LogP contribution is 2.30. The summed E-state index contributed by atoms with van der Waals surface area (Å²) in [5.74, 6) is 0.279. The summed E-state index contributed by atoms with van der Waals surface area (Å²) in [6.45, 7) is 6.07. The van der Waals surface area contributed by atoms with Crippen LogP contribution in [-0.2, 0) is 22.4 Å². The number of hydrogen-bond acceptors (Lipinski definition) is 2. The van der Waals surface area contributed by atoms with Gasteiger partial charge in [0.2, 0.25) is 0 Å². The molecule has 0 fully saturated rings. The van der Waals surface area contributed by atoms with Crippen LogP contribution in [0.1, 0.15) is 57.3 Å². The van der Waals surface area contributed by atoms with E-state index in [4.69, 9.17) is 0 Å². The van der Waals surface area contributed by atoms with E-state index in [0.717, 1.165) is 47.7 Å². The fourth-order valence-electron chi connectivity index (χ4n) is 3.18. The first-order valence-electron chi connectivity index (χ1n) is 8.21. The number of hydrogen-bond donors (Lipinski definition) is 0. The van der Waals surface area contributed by atoms with Gasteiger partial charge in [0.25, 0.3) is 0 Å². The largest absolute Gasteiger partial charge is 0.334 e. The lowest BCUT2D eigenvalue weighted by Gasteiger charge is -2.14. The minimum Gasteiger partial charge on any atom is -0.334 e. The molecule has 2 aromatic rings. The van der Waals surface area contributed by atoms with Gasteiger partial charge in [0.05, 0.1) is 6.04 Å². The van der Waals surface area contributed by atoms with Gasteiger partial charge in [0.1, 0.15) is 12.1 Å². The number of rotatable bonds is 8. The summed E-state index contributed by atoms with van der Waals surface area (Å²) in [6, 6.07) is 7.90. The zero-order valence-corrected chi connectivity index (χ0v) is 13.8. The molecule has 3 heteroatoms. The third kappa shape index (κ3) is 3.13. The fourth-order valence-corrected chi connectivity index (χ4v) is 3.18. The molecule has 0 radical (unpaired) electrons. The van der Waals surface area contributed by atoms with Crippen molar-refractivity contribution in [1.29, 1.82) is 0 Å². The molecule has 1 heterocycles. The van der Waals surface area contributed by atoms with Crippen molar-refractivity contribution in [2.45, 2.75) is 58.9 Å². The van der Waals surface area contributed by atoms with Gasteiger partial charge in [0.15, 0.2) is 0 Å². The second-order valence-corrected chi connectivity index (χ2v) is 5.90. The van der Waals surface area contributed by atoms with Crippen molar-refractivity contribution in [2.24, 2.45) is 0 Å². The van der Waals surface area contributed by atoms with Gasteiger partial charge in [-0.15, -0.1) is 0 Å². The predicted octanol–water partition coefficient (Wildman–Crippen LogP) is 4.27. The first kappa shape index (κ1) is 16.5. The van der Waals surface area contributed by atoms with Crippen LogP contribution in [0.3, 0.4) is 0 Å². The van der Waals surface area contributed by atoms with Crippen molar-refractivity contribution in [1.82, 2.24) is 4.57 Å². The Balaban J connectivity index is 2.63. The number of ketones is 1. The molecule has 1 aromatic carbocycles. The molecule has 0 N–H and O–H groups in total. The van der Waals surface area contributed by atoms with E-state index in [9.17, 15) is 9.59 Å². The third-order valence-corrected chi connectivity index (χ3v) is 4.12. The molecule has 22 heavy (non-hydrogen) atoms. The monoisotopic (exact) mass is 299 g/mol. The molecule has 0 aliphatic rings. The van der Waals surface area contributed by atoms with Crippen LogP contribution >= 0.6 is 0 Å². The zero-order valence-electron chi connectivity index (χ0n) is 13.8. The van der Waals surface area contributed by atoms with Crippen LogP contribution in [0.15, 0.2) is 24.3 Å². The normalized spacial score (nSPS) is 12.5. The van der Waals surface area contributed by atoms with Crippen LogP contribution in [0.2, 0.25) is 0 Å². The number of fused-ring (bicyclic) bond motifs is 1. The van der Waals surface area contributed by atoms with E-state index in [1.54, 1.807) is 0 Å². The van der Waals surface area contributed by atoms with Gasteiger partial charge in [-0.1, -0.05) is 38.5 Å². The lowest BCUT2D eigenvalue weighted by Crippen LogP contribution is -2.12. The molecule has 3 nitrogen and oxygen atoms in total. The number of benzene rings is 1. The number of para-hydroxylation sites is 1. The Morgan fingerprint density at radius 2 is 1.95 bits per heavy atom. The Kier molecular flexibility index (Phi) is 5.53. The number of carbonyl (C=O) groups excluding carboxylic acids is 2. The van der Waals surface area contributed by atoms with Crippen LogP contribution in [0.5, 0.6) is 0 Å². The molecule has 0 saturated heterocycles. The van der Waals surface area contributed by atoms with Gasteiger partial charge >= 0.3 is 0 Å². The lowest BCUT2D eigenvalue weighted by molar-refractivity contribution is -0.118. The van der Waals surface area contributed by atoms with Crippen LogP contribution in [0.25, 0.3) is 10.9 Å². The van der Waals surface area contributed by atoms with E-state index in [0.29, 0.717) is 12.8 Å². The van der Waals surface area contributed by atoms with Gasteiger partial charge < -0.3 is 9.36 Å². The Hall–Kier alpha value is -1.90. The molecule has 1 unspecified atom stereocenters. The second kappa shape index (κ2) is 7.39. The molecule has 0 spiro atoms. The van der Waals surface area contributed by atoms with Gasteiger partial charge in [-0.3, -0.25) is 4.79 Å². The Morgan fingerprint density at radius 1 is 1.23 bits per heavy atom. The number of aldehydes is 1. The lowest BCUT2D eigenvalue weighted by atomic mass is 10.0. The standard InChI is InChI=1S/C19H25NO2/c1-4-8-15(22)12-17-16-10-6-7-11-19(16)20(14(3)13-21)18(17)9-5-2/h6-7,10-11,13-14H,4-5,8-9,12H2,1-3H3. The van der Waals surface area contributed by atoms with Crippen molar-refractivity contribution < 1.29 is 9.59 Å². The van der Waals surface area contributed by atoms with E-state index in [-0.39, 0.29) is 11.8 Å². The summed E-state index contributed by atoms with van der Waals surface area (Å²) in [5, 5.41) is 1.11. The highest BCUT2D eigenvalue weighted by atomic mass is 16.1. The molecule has 0 amide bonds. The first-order chi connectivity index (χ1) is 10.6. The number of carbonyl (C=O) groups is 2. The minimum absolute atomic E-state index is 0.207. The third-order valence-electron chi connectivity index (χ3n) is 4.12. The second-order valence-electron chi connectivity index (χ2n) is 5.90. The van der Waals surface area contributed by atoms with Crippen LogP contribution in [0.4, 0.5) is 0 Å². The van der Waals surface area contributed by atoms with Gasteiger partial charge in [0, 0.05) is 29.4 Å². The number of Topliss-reactive ketones (excluding diaryl/α,β-unsaturated/α-hetero) is 1. The molecular weight excluding hydrogens is 274 g/mol. The smallest absolute Gasteiger partial charge is 0.142 e. The molecule has 0 aliphatic carbocycles. The number of aromatic nitrogens is 1. The van der Waals surface area contributed by atoms with Crippen molar-refractivity contribution in [3.05, 3.63) is 35.5 Å². The van der Waals surface area contributed by atoms with E-state index >= 15 is 0 Å². The van der Waals surface area contributed by atoms with E-state index in [1.165, 1.54) is 0 Å². The summed E-state index contributed by atoms with van der Waals surface area (Å²) in [5.41, 5.74) is 3.32. The van der Waals surface area contributed by atoms with Crippen molar-refractivity contribution in [3.63, 3.8) is 0 Å². The first-order valence-corrected chi connectivity index (χ1v) is 8.21. The molecule has 0 bridgehead atoms. The van der Waals surface area contributed by atoms with Crippen LogP contribution < -0.4 is 0 Å². The Morgan fingerprint density at radius 3 is 2.59 bits per heavy atom. The minimum atomic E-state index is -0.207. The van der Waals surface area contributed by atoms with E-state index in [2.05, 4.69) is 17.6 Å². The topological polar surface area (TPSA) is 39.1 Å². The number of nitrogens with zero attached hydrogens (tertiary/aromatic N) is 1. The van der Waals surface area contributed by atoms with Crippen molar-refractivity contribution >= 4 is 23.0 Å². The molecule has 0 saturated carbocycles. The average molecular weight is 299 g/mol. The highest BCUT2D eigenvalue weighted by Gasteiger charge is 2.20.